The number of benzene rings is 2. The zero-order valence-electron chi connectivity index (χ0n) is 10.8. The molecule has 0 saturated carbocycles. The van der Waals surface area contributed by atoms with E-state index < -0.39 is 6.03 Å². The summed E-state index contributed by atoms with van der Waals surface area (Å²) in [5.41, 5.74) is 7.30. The average Bonchev–Trinajstić information content (AvgIpc) is 2.38. The Balaban J connectivity index is 2.10. The SMILES string of the molecule is COc1ccc(N)cc1NC(=O)Nc1cccc(Cl)c1. The third-order valence-electron chi connectivity index (χ3n) is 2.55. The lowest BCUT2D eigenvalue weighted by Gasteiger charge is -2.12. The van der Waals surface area contributed by atoms with Crippen LogP contribution in [0.5, 0.6) is 5.75 Å². The Morgan fingerprint density at radius 2 is 2.00 bits per heavy atom. The van der Waals surface area contributed by atoms with Crippen molar-refractivity contribution in [3.8, 4) is 5.75 Å². The lowest BCUT2D eigenvalue weighted by atomic mass is 10.2. The molecule has 5 nitrogen and oxygen atoms in total. The lowest BCUT2D eigenvalue weighted by Crippen LogP contribution is -2.19. The van der Waals surface area contributed by atoms with E-state index in [9.17, 15) is 4.79 Å². The maximum atomic E-state index is 11.9. The van der Waals surface area contributed by atoms with Gasteiger partial charge in [-0.25, -0.2) is 4.79 Å². The quantitative estimate of drug-likeness (QED) is 0.757. The smallest absolute Gasteiger partial charge is 0.323 e. The third kappa shape index (κ3) is 3.55. The molecule has 0 fully saturated rings. The second-order valence-electron chi connectivity index (χ2n) is 4.05. The van der Waals surface area contributed by atoms with Gasteiger partial charge in [0.1, 0.15) is 5.75 Å². The highest BCUT2D eigenvalue weighted by Gasteiger charge is 2.08. The van der Waals surface area contributed by atoms with Crippen LogP contribution in [0.1, 0.15) is 0 Å². The summed E-state index contributed by atoms with van der Waals surface area (Å²) in [5, 5.41) is 5.89. The van der Waals surface area contributed by atoms with Crippen LogP contribution in [0.25, 0.3) is 0 Å². The predicted molar refractivity (Wildman–Crippen MR) is 81.5 cm³/mol. The van der Waals surface area contributed by atoms with Crippen molar-refractivity contribution in [1.82, 2.24) is 0 Å². The lowest BCUT2D eigenvalue weighted by molar-refractivity contribution is 0.262. The van der Waals surface area contributed by atoms with Crippen molar-refractivity contribution in [1.29, 1.82) is 0 Å². The Morgan fingerprint density at radius 1 is 1.20 bits per heavy atom. The molecule has 4 N–H and O–H groups in total. The first-order valence-corrected chi connectivity index (χ1v) is 6.23. The van der Waals surface area contributed by atoms with Gasteiger partial charge in [0.2, 0.25) is 0 Å². The number of nitrogens with two attached hydrogens (primary N) is 1. The molecule has 0 aromatic heterocycles. The second kappa shape index (κ2) is 6.16. The summed E-state index contributed by atoms with van der Waals surface area (Å²) in [6, 6.07) is 11.5. The molecular formula is C14H14ClN3O2. The number of methoxy groups -OCH3 is 1. The molecule has 20 heavy (non-hydrogen) atoms. The maximum absolute atomic E-state index is 11.9. The van der Waals surface area contributed by atoms with Crippen LogP contribution in [0, 0.1) is 0 Å². The molecule has 2 aromatic rings. The molecular weight excluding hydrogens is 278 g/mol. The standard InChI is InChI=1S/C14H14ClN3O2/c1-20-13-6-5-10(16)8-12(13)18-14(19)17-11-4-2-3-9(15)7-11/h2-8H,16H2,1H3,(H2,17,18,19). The van der Waals surface area contributed by atoms with Crippen molar-refractivity contribution < 1.29 is 9.53 Å². The predicted octanol–water partition coefficient (Wildman–Crippen LogP) is 3.57. The monoisotopic (exact) mass is 291 g/mol. The number of carbonyl (C=O) groups is 1. The van der Waals surface area contributed by atoms with Crippen LogP contribution in [0.15, 0.2) is 42.5 Å². The number of hydrogen-bond acceptors (Lipinski definition) is 3. The number of anilines is 3. The van der Waals surface area contributed by atoms with E-state index >= 15 is 0 Å². The first kappa shape index (κ1) is 14.0. The van der Waals surface area contributed by atoms with Gasteiger partial charge in [-0.2, -0.15) is 0 Å². The highest BCUT2D eigenvalue weighted by atomic mass is 35.5. The fraction of sp³-hybridized carbons (Fsp3) is 0.0714. The number of urea groups is 1. The maximum Gasteiger partial charge on any atom is 0.323 e. The summed E-state index contributed by atoms with van der Waals surface area (Å²) >= 11 is 5.85. The number of hydrogen-bond donors (Lipinski definition) is 3. The van der Waals surface area contributed by atoms with E-state index in [-0.39, 0.29) is 0 Å². The minimum absolute atomic E-state index is 0.406. The van der Waals surface area contributed by atoms with E-state index in [1.165, 1.54) is 7.11 Å². The molecule has 2 amide bonds. The van der Waals surface area contributed by atoms with Crippen molar-refractivity contribution >= 4 is 34.7 Å². The third-order valence-corrected chi connectivity index (χ3v) is 2.79. The molecule has 0 bridgehead atoms. The summed E-state index contributed by atoms with van der Waals surface area (Å²) < 4.78 is 5.15. The molecule has 0 unspecified atom stereocenters. The molecule has 0 heterocycles. The topological polar surface area (TPSA) is 76.4 Å². The second-order valence-corrected chi connectivity index (χ2v) is 4.49. The van der Waals surface area contributed by atoms with Gasteiger partial charge in [0.25, 0.3) is 0 Å². The van der Waals surface area contributed by atoms with Gasteiger partial charge >= 0.3 is 6.03 Å². The molecule has 0 spiro atoms. The molecule has 6 heteroatoms. The molecule has 104 valence electrons. The van der Waals surface area contributed by atoms with Gasteiger partial charge in [-0.15, -0.1) is 0 Å². The van der Waals surface area contributed by atoms with Gasteiger partial charge in [0.15, 0.2) is 0 Å². The molecule has 0 aliphatic heterocycles. The average molecular weight is 292 g/mol. The summed E-state index contributed by atoms with van der Waals surface area (Å²) in [5.74, 6) is 0.528. The first-order valence-electron chi connectivity index (χ1n) is 5.85. The minimum Gasteiger partial charge on any atom is -0.495 e. The highest BCUT2D eigenvalue weighted by molar-refractivity contribution is 6.30. The van der Waals surface area contributed by atoms with Crippen LogP contribution < -0.4 is 21.1 Å². The Morgan fingerprint density at radius 3 is 2.70 bits per heavy atom. The molecule has 0 atom stereocenters. The zero-order valence-corrected chi connectivity index (χ0v) is 11.6. The van der Waals surface area contributed by atoms with Gasteiger partial charge in [0, 0.05) is 16.4 Å². The van der Waals surface area contributed by atoms with Crippen LogP contribution in [0.3, 0.4) is 0 Å². The number of halogens is 1. The summed E-state index contributed by atoms with van der Waals surface area (Å²) in [7, 11) is 1.52. The highest BCUT2D eigenvalue weighted by Crippen LogP contribution is 2.26. The van der Waals surface area contributed by atoms with Crippen LogP contribution in [0.2, 0.25) is 5.02 Å². The number of nitrogens with one attached hydrogen (secondary N) is 2. The van der Waals surface area contributed by atoms with E-state index in [1.54, 1.807) is 42.5 Å². The summed E-state index contributed by atoms with van der Waals surface area (Å²) in [6.45, 7) is 0. The van der Waals surface area contributed by atoms with E-state index in [2.05, 4.69) is 10.6 Å². The van der Waals surface area contributed by atoms with Crippen LogP contribution in [0.4, 0.5) is 21.9 Å². The number of amides is 2. The molecule has 2 aromatic carbocycles. The van der Waals surface area contributed by atoms with Crippen molar-refractivity contribution in [3.05, 3.63) is 47.5 Å². The number of carbonyl (C=O) groups excluding carboxylic acids is 1. The van der Waals surface area contributed by atoms with Crippen molar-refractivity contribution in [2.45, 2.75) is 0 Å². The Hall–Kier alpha value is -2.40. The fourth-order valence-electron chi connectivity index (χ4n) is 1.67. The summed E-state index contributed by atoms with van der Waals surface area (Å²) in [4.78, 5) is 11.9. The molecule has 0 radical (unpaired) electrons. The Kier molecular flexibility index (Phi) is 4.32. The first-order chi connectivity index (χ1) is 9.58. The largest absolute Gasteiger partial charge is 0.495 e. The minimum atomic E-state index is -0.406. The molecule has 0 aliphatic rings. The van der Waals surface area contributed by atoms with E-state index in [0.717, 1.165) is 0 Å². The van der Waals surface area contributed by atoms with Crippen molar-refractivity contribution in [3.63, 3.8) is 0 Å². The van der Waals surface area contributed by atoms with Gasteiger partial charge in [-0.1, -0.05) is 17.7 Å². The van der Waals surface area contributed by atoms with Crippen molar-refractivity contribution in [2.24, 2.45) is 0 Å². The summed E-state index contributed by atoms with van der Waals surface area (Å²) in [6.07, 6.45) is 0. The van der Waals surface area contributed by atoms with Crippen LogP contribution in [-0.4, -0.2) is 13.1 Å². The Bertz CT molecular complexity index is 632. The number of rotatable bonds is 3. The normalized spacial score (nSPS) is 9.90. The van der Waals surface area contributed by atoms with Crippen molar-refractivity contribution in [2.75, 3.05) is 23.5 Å². The van der Waals surface area contributed by atoms with E-state index in [4.69, 9.17) is 22.1 Å². The molecule has 0 aliphatic carbocycles. The van der Waals surface area contributed by atoms with Gasteiger partial charge in [-0.05, 0) is 36.4 Å². The number of ether oxygens (including phenoxy) is 1. The van der Waals surface area contributed by atoms with Crippen LogP contribution >= 0.6 is 11.6 Å². The van der Waals surface area contributed by atoms with Gasteiger partial charge < -0.3 is 21.1 Å². The van der Waals surface area contributed by atoms with Gasteiger partial charge in [-0.3, -0.25) is 0 Å². The molecule has 2 rings (SSSR count). The fourth-order valence-corrected chi connectivity index (χ4v) is 1.86. The van der Waals surface area contributed by atoms with E-state index in [0.29, 0.717) is 27.8 Å². The number of nitrogen functional groups attached to an aromatic ring is 1. The zero-order chi connectivity index (χ0) is 14.5. The molecule has 0 saturated heterocycles. The van der Waals surface area contributed by atoms with Gasteiger partial charge in [0.05, 0.1) is 12.8 Å². The van der Waals surface area contributed by atoms with E-state index in [1.807, 2.05) is 0 Å². The van der Waals surface area contributed by atoms with Crippen LogP contribution in [-0.2, 0) is 0 Å². The Labute approximate surface area is 121 Å².